The van der Waals surface area contributed by atoms with Gasteiger partial charge in [-0.15, -0.1) is 12.4 Å². The molecule has 0 spiro atoms. The molecule has 5 heteroatoms. The maximum absolute atomic E-state index is 8.56. The van der Waals surface area contributed by atoms with Gasteiger partial charge in [-0.2, -0.15) is 0 Å². The normalized spacial score (nSPS) is 4.00. The van der Waals surface area contributed by atoms with Crippen molar-refractivity contribution in [1.82, 2.24) is 0 Å². The first-order chi connectivity index (χ1) is 1.73. The number of hydrogen-bond acceptors (Lipinski definition) is 1. The average molecular weight is 138 g/mol. The minimum Gasteiger partial charge on any atom is -0.450 e. The molecule has 0 bridgehead atoms. The third-order valence-corrected chi connectivity index (χ3v) is 0. The van der Waals surface area contributed by atoms with Crippen LogP contribution in [-0.4, -0.2) is 67.8 Å². The van der Waals surface area contributed by atoms with E-state index in [1.807, 2.05) is 0 Å². The zero-order chi connectivity index (χ0) is 3.58. The van der Waals surface area contributed by atoms with Gasteiger partial charge in [0.05, 0.1) is 0 Å². The van der Waals surface area contributed by atoms with Gasteiger partial charge in [-0.1, -0.05) is 0 Å². The fourth-order valence-electron chi connectivity index (χ4n) is 0. The Balaban J connectivity index is -0.0000000450. The third kappa shape index (κ3) is 63.9. The van der Waals surface area contributed by atoms with E-state index < -0.39 is 6.16 Å². The van der Waals surface area contributed by atoms with Crippen molar-refractivity contribution in [3.05, 3.63) is 0 Å². The maximum atomic E-state index is 8.56. The summed E-state index contributed by atoms with van der Waals surface area (Å²) in [6.07, 6.45) is -1.83. The van der Waals surface area contributed by atoms with Crippen molar-refractivity contribution >= 4 is 69.9 Å². The van der Waals surface area contributed by atoms with E-state index in [9.17, 15) is 0 Å². The van der Waals surface area contributed by atoms with Crippen molar-refractivity contribution in [2.75, 3.05) is 0 Å². The van der Waals surface area contributed by atoms with Gasteiger partial charge in [0.25, 0.3) is 0 Å². The van der Waals surface area contributed by atoms with Gasteiger partial charge in [0.2, 0.25) is 0 Å². The van der Waals surface area contributed by atoms with Crippen molar-refractivity contribution in [3.8, 4) is 0 Å². The molecule has 0 atom stereocenters. The number of rotatable bonds is 0. The molecule has 0 rings (SSSR count). The third-order valence-electron chi connectivity index (χ3n) is 0. The molecular formula is CH3ClKO3. The molecule has 0 saturated heterocycles. The van der Waals surface area contributed by atoms with Crippen molar-refractivity contribution in [3.63, 3.8) is 0 Å². The molecular weight excluding hydrogens is 135 g/mol. The molecule has 0 aromatic rings. The Kier molecular flexibility index (Phi) is 24.8. The zero-order valence-electron chi connectivity index (χ0n) is 3.21. The smallest absolute Gasteiger partial charge is 0.450 e. The molecule has 0 aromatic heterocycles. The van der Waals surface area contributed by atoms with Crippen LogP contribution in [0.1, 0.15) is 0 Å². The summed E-state index contributed by atoms with van der Waals surface area (Å²) >= 11 is 0. The summed E-state index contributed by atoms with van der Waals surface area (Å²) in [7, 11) is 0. The fourth-order valence-corrected chi connectivity index (χ4v) is 0. The van der Waals surface area contributed by atoms with Crippen LogP contribution in [0, 0.1) is 0 Å². The van der Waals surface area contributed by atoms with Crippen molar-refractivity contribution < 1.29 is 15.0 Å². The number of hydrogen-bond donors (Lipinski definition) is 2. The molecule has 0 aromatic carbocycles. The summed E-state index contributed by atoms with van der Waals surface area (Å²) in [6, 6.07) is 0. The van der Waals surface area contributed by atoms with Crippen molar-refractivity contribution in [2.24, 2.45) is 0 Å². The fraction of sp³-hybridized carbons (Fsp3) is 0. The Morgan fingerprint density at radius 1 is 1.33 bits per heavy atom. The SMILES string of the molecule is Cl.O=C(O)O.[K]. The van der Waals surface area contributed by atoms with Crippen LogP contribution in [0.25, 0.3) is 0 Å². The maximum Gasteiger partial charge on any atom is 0.503 e. The predicted molar refractivity (Wildman–Crippen MR) is 23.7 cm³/mol. The summed E-state index contributed by atoms with van der Waals surface area (Å²) in [5.74, 6) is 0. The number of carbonyl (C=O) groups is 1. The van der Waals surface area contributed by atoms with Crippen LogP contribution < -0.4 is 0 Å². The first kappa shape index (κ1) is 15.7. The Morgan fingerprint density at radius 2 is 1.33 bits per heavy atom. The second-order valence-corrected chi connectivity index (χ2v) is 0.283. The summed E-state index contributed by atoms with van der Waals surface area (Å²) in [6.45, 7) is 0. The van der Waals surface area contributed by atoms with Gasteiger partial charge < -0.3 is 10.2 Å². The van der Waals surface area contributed by atoms with Gasteiger partial charge >= 0.3 is 6.16 Å². The molecule has 0 saturated carbocycles. The summed E-state index contributed by atoms with van der Waals surface area (Å²) in [5, 5.41) is 13.9. The van der Waals surface area contributed by atoms with E-state index in [-0.39, 0.29) is 63.8 Å². The van der Waals surface area contributed by atoms with Gasteiger partial charge in [-0.3, -0.25) is 0 Å². The molecule has 0 fully saturated rings. The molecule has 3 nitrogen and oxygen atoms in total. The molecule has 0 unspecified atom stereocenters. The first-order valence-electron chi connectivity index (χ1n) is 0.651. The Bertz CT molecular complexity index is 33.8. The number of halogens is 1. The Labute approximate surface area is 83.6 Å². The first-order valence-corrected chi connectivity index (χ1v) is 0.651. The standard InChI is InChI=1S/CH2O3.ClH.K/c2-1(3)4;;/h(H2,2,3,4);1H;. The zero-order valence-corrected chi connectivity index (χ0v) is 7.15. The molecule has 6 heavy (non-hydrogen) atoms. The van der Waals surface area contributed by atoms with Gasteiger partial charge in [-0.25, -0.2) is 4.79 Å². The van der Waals surface area contributed by atoms with E-state index in [2.05, 4.69) is 0 Å². The molecule has 0 aliphatic heterocycles. The monoisotopic (exact) mass is 137 g/mol. The van der Waals surface area contributed by atoms with E-state index in [0.29, 0.717) is 0 Å². The molecule has 1 radical (unpaired) electrons. The van der Waals surface area contributed by atoms with Crippen molar-refractivity contribution in [2.45, 2.75) is 0 Å². The van der Waals surface area contributed by atoms with Crippen molar-refractivity contribution in [1.29, 1.82) is 0 Å². The quantitative estimate of drug-likeness (QED) is 0.471. The minimum absolute atomic E-state index is 0. The summed E-state index contributed by atoms with van der Waals surface area (Å²) in [4.78, 5) is 8.56. The molecule has 0 aliphatic carbocycles. The van der Waals surface area contributed by atoms with Gasteiger partial charge in [0, 0.05) is 51.4 Å². The van der Waals surface area contributed by atoms with E-state index in [4.69, 9.17) is 15.0 Å². The summed E-state index contributed by atoms with van der Waals surface area (Å²) < 4.78 is 0. The van der Waals surface area contributed by atoms with Crippen LogP contribution in [0.15, 0.2) is 0 Å². The largest absolute Gasteiger partial charge is 0.503 e. The van der Waals surface area contributed by atoms with Crippen LogP contribution in [0.3, 0.4) is 0 Å². The van der Waals surface area contributed by atoms with E-state index >= 15 is 0 Å². The van der Waals surface area contributed by atoms with Crippen LogP contribution in [0.4, 0.5) is 4.79 Å². The Morgan fingerprint density at radius 3 is 1.33 bits per heavy atom. The molecule has 0 aliphatic rings. The topological polar surface area (TPSA) is 57.5 Å². The Hall–Kier alpha value is 1.20. The second-order valence-electron chi connectivity index (χ2n) is 0.283. The van der Waals surface area contributed by atoms with E-state index in [1.54, 1.807) is 0 Å². The minimum atomic E-state index is -1.83. The van der Waals surface area contributed by atoms with E-state index in [1.165, 1.54) is 0 Å². The average Bonchev–Trinajstić information content (AvgIpc) is 0.811. The molecule has 2 N–H and O–H groups in total. The molecule has 0 amide bonds. The van der Waals surface area contributed by atoms with Crippen LogP contribution in [0.5, 0.6) is 0 Å². The predicted octanol–water partition coefficient (Wildman–Crippen LogP) is 0.263. The molecule has 0 heterocycles. The van der Waals surface area contributed by atoms with Gasteiger partial charge in [0.15, 0.2) is 0 Å². The number of carboxylic acid groups (broad SMARTS) is 2. The second kappa shape index (κ2) is 9.50. The van der Waals surface area contributed by atoms with Gasteiger partial charge in [-0.05, 0) is 0 Å². The van der Waals surface area contributed by atoms with E-state index in [0.717, 1.165) is 0 Å². The summed E-state index contributed by atoms with van der Waals surface area (Å²) in [5.41, 5.74) is 0. The molecule has 33 valence electrons. The van der Waals surface area contributed by atoms with Crippen LogP contribution in [0.2, 0.25) is 0 Å². The van der Waals surface area contributed by atoms with Gasteiger partial charge in [0.1, 0.15) is 0 Å². The van der Waals surface area contributed by atoms with Crippen LogP contribution >= 0.6 is 12.4 Å². The van der Waals surface area contributed by atoms with Crippen LogP contribution in [-0.2, 0) is 0 Å².